The van der Waals surface area contributed by atoms with Crippen LogP contribution < -0.4 is 10.1 Å². The van der Waals surface area contributed by atoms with Gasteiger partial charge in [0, 0.05) is 13.5 Å². The monoisotopic (exact) mass is 282 g/mol. The van der Waals surface area contributed by atoms with Crippen LogP contribution in [0.5, 0.6) is 11.6 Å². The molecule has 1 aromatic heterocycles. The Bertz CT molecular complexity index is 676. The maximum absolute atomic E-state index is 9.13. The largest absolute Gasteiger partial charge is 0.437 e. The quantitative estimate of drug-likeness (QED) is 0.909. The van der Waals surface area contributed by atoms with Gasteiger partial charge in [-0.05, 0) is 25.5 Å². The topological polar surface area (TPSA) is 70.8 Å². The Kier molecular flexibility index (Phi) is 4.72. The number of para-hydroxylation sites is 1. The predicted octanol–water partition coefficient (Wildman–Crippen LogP) is 3.44. The molecule has 1 aromatic carbocycles. The Morgan fingerprint density at radius 1 is 1.29 bits per heavy atom. The minimum Gasteiger partial charge on any atom is -0.437 e. The lowest BCUT2D eigenvalue weighted by molar-refractivity contribution is 0.453. The average molecular weight is 282 g/mol. The summed E-state index contributed by atoms with van der Waals surface area (Å²) in [5.74, 6) is 2.47. The maximum atomic E-state index is 9.13. The molecule has 5 heteroatoms. The molecule has 108 valence electrons. The number of aromatic nitrogens is 2. The van der Waals surface area contributed by atoms with Gasteiger partial charge in [-0.1, -0.05) is 19.1 Å². The van der Waals surface area contributed by atoms with Gasteiger partial charge >= 0.3 is 0 Å². The van der Waals surface area contributed by atoms with Gasteiger partial charge in [-0.3, -0.25) is 0 Å². The lowest BCUT2D eigenvalue weighted by atomic mass is 10.2. The van der Waals surface area contributed by atoms with Crippen molar-refractivity contribution in [2.24, 2.45) is 0 Å². The molecule has 0 aliphatic carbocycles. The van der Waals surface area contributed by atoms with Crippen molar-refractivity contribution in [3.63, 3.8) is 0 Å². The molecule has 0 aliphatic rings. The van der Waals surface area contributed by atoms with E-state index in [1.54, 1.807) is 18.2 Å². The highest BCUT2D eigenvalue weighted by Crippen LogP contribution is 2.29. The van der Waals surface area contributed by atoms with Gasteiger partial charge in [0.2, 0.25) is 5.88 Å². The van der Waals surface area contributed by atoms with Crippen LogP contribution in [-0.2, 0) is 6.42 Å². The van der Waals surface area contributed by atoms with E-state index in [0.717, 1.165) is 30.0 Å². The summed E-state index contributed by atoms with van der Waals surface area (Å²) in [6, 6.07) is 9.24. The van der Waals surface area contributed by atoms with Gasteiger partial charge in [-0.25, -0.2) is 4.98 Å². The number of ether oxygens (including phenoxy) is 1. The second-order valence-electron chi connectivity index (χ2n) is 4.63. The normalized spacial score (nSPS) is 10.0. The summed E-state index contributed by atoms with van der Waals surface area (Å²) in [6.45, 7) is 3.97. The fraction of sp³-hybridized carbons (Fsp3) is 0.312. The highest BCUT2D eigenvalue weighted by atomic mass is 16.5. The maximum Gasteiger partial charge on any atom is 0.227 e. The third kappa shape index (κ3) is 3.29. The molecule has 5 nitrogen and oxygen atoms in total. The Balaban J connectivity index is 2.43. The molecule has 0 bridgehead atoms. The summed E-state index contributed by atoms with van der Waals surface area (Å²) in [7, 11) is 1.82. The van der Waals surface area contributed by atoms with E-state index in [1.165, 1.54) is 0 Å². The van der Waals surface area contributed by atoms with Crippen LogP contribution in [0.1, 0.15) is 30.3 Å². The first kappa shape index (κ1) is 14.8. The molecule has 1 N–H and O–H groups in total. The van der Waals surface area contributed by atoms with Crippen LogP contribution >= 0.6 is 0 Å². The number of nitrogens with zero attached hydrogens (tertiary/aromatic N) is 3. The minimum atomic E-state index is 0.485. The van der Waals surface area contributed by atoms with E-state index in [4.69, 9.17) is 10.00 Å². The molecule has 2 rings (SSSR count). The highest BCUT2D eigenvalue weighted by molar-refractivity contribution is 5.51. The molecule has 0 radical (unpaired) electrons. The number of aryl methyl sites for hydroxylation is 1. The number of benzene rings is 1. The van der Waals surface area contributed by atoms with E-state index in [2.05, 4.69) is 28.3 Å². The summed E-state index contributed by atoms with van der Waals surface area (Å²) < 4.78 is 5.85. The van der Waals surface area contributed by atoms with Crippen molar-refractivity contribution in [3.8, 4) is 17.7 Å². The van der Waals surface area contributed by atoms with Crippen LogP contribution in [-0.4, -0.2) is 17.0 Å². The highest BCUT2D eigenvalue weighted by Gasteiger charge is 2.13. The van der Waals surface area contributed by atoms with Crippen LogP contribution in [0.3, 0.4) is 0 Å². The molecule has 0 unspecified atom stereocenters. The molecule has 2 aromatic rings. The van der Waals surface area contributed by atoms with Crippen molar-refractivity contribution < 1.29 is 4.74 Å². The molecule has 0 saturated heterocycles. The third-order valence-electron chi connectivity index (χ3n) is 3.07. The number of anilines is 1. The van der Waals surface area contributed by atoms with Crippen LogP contribution in [0.2, 0.25) is 0 Å². The summed E-state index contributed by atoms with van der Waals surface area (Å²) in [6.07, 6.45) is 1.74. The van der Waals surface area contributed by atoms with Gasteiger partial charge in [0.15, 0.2) is 0 Å². The number of rotatable bonds is 5. The summed E-state index contributed by atoms with van der Waals surface area (Å²) in [5, 5.41) is 12.2. The Hall–Kier alpha value is -2.61. The van der Waals surface area contributed by atoms with E-state index in [9.17, 15) is 0 Å². The Labute approximate surface area is 124 Å². The van der Waals surface area contributed by atoms with Gasteiger partial charge in [0.25, 0.3) is 0 Å². The van der Waals surface area contributed by atoms with E-state index in [1.807, 2.05) is 20.0 Å². The summed E-state index contributed by atoms with van der Waals surface area (Å²) in [4.78, 5) is 8.92. The van der Waals surface area contributed by atoms with Crippen molar-refractivity contribution in [1.82, 2.24) is 9.97 Å². The minimum absolute atomic E-state index is 0.485. The van der Waals surface area contributed by atoms with Crippen molar-refractivity contribution in [2.75, 3.05) is 12.4 Å². The molecule has 0 saturated carbocycles. The lowest BCUT2D eigenvalue weighted by Crippen LogP contribution is -2.05. The first-order chi connectivity index (χ1) is 10.2. The number of hydrogen-bond donors (Lipinski definition) is 1. The van der Waals surface area contributed by atoms with Gasteiger partial charge in [0.1, 0.15) is 23.5 Å². The van der Waals surface area contributed by atoms with E-state index >= 15 is 0 Å². The number of nitriles is 1. The predicted molar refractivity (Wildman–Crippen MR) is 81.5 cm³/mol. The molecule has 0 amide bonds. The van der Waals surface area contributed by atoms with E-state index < -0.39 is 0 Å². The van der Waals surface area contributed by atoms with Crippen LogP contribution in [0, 0.1) is 18.3 Å². The Morgan fingerprint density at radius 2 is 2.05 bits per heavy atom. The van der Waals surface area contributed by atoms with E-state index in [0.29, 0.717) is 17.2 Å². The molecule has 0 spiro atoms. The van der Waals surface area contributed by atoms with Crippen LogP contribution in [0.15, 0.2) is 24.3 Å². The zero-order valence-electron chi connectivity index (χ0n) is 12.5. The van der Waals surface area contributed by atoms with Crippen LogP contribution in [0.25, 0.3) is 0 Å². The summed E-state index contributed by atoms with van der Waals surface area (Å²) >= 11 is 0. The molecule has 0 atom stereocenters. The lowest BCUT2D eigenvalue weighted by Gasteiger charge is -2.13. The Morgan fingerprint density at radius 3 is 2.71 bits per heavy atom. The van der Waals surface area contributed by atoms with Gasteiger partial charge in [0.05, 0.1) is 11.1 Å². The standard InChI is InChI=1S/C16H18N4O/c1-4-7-14-19-15(18-3)11(2)16(20-14)21-13-9-6-5-8-12(13)10-17/h5-6,8-9H,4,7H2,1-3H3,(H,18,19,20). The zero-order chi connectivity index (χ0) is 15.2. The zero-order valence-corrected chi connectivity index (χ0v) is 12.5. The van der Waals surface area contributed by atoms with Crippen molar-refractivity contribution in [2.45, 2.75) is 26.7 Å². The van der Waals surface area contributed by atoms with Crippen molar-refractivity contribution in [3.05, 3.63) is 41.2 Å². The van der Waals surface area contributed by atoms with Crippen LogP contribution in [0.4, 0.5) is 5.82 Å². The average Bonchev–Trinajstić information content (AvgIpc) is 2.51. The number of hydrogen-bond acceptors (Lipinski definition) is 5. The number of nitrogens with one attached hydrogen (secondary N) is 1. The van der Waals surface area contributed by atoms with Gasteiger partial charge in [-0.2, -0.15) is 10.2 Å². The smallest absolute Gasteiger partial charge is 0.227 e. The SMILES string of the molecule is CCCc1nc(NC)c(C)c(Oc2ccccc2C#N)n1. The molecule has 0 fully saturated rings. The summed E-state index contributed by atoms with van der Waals surface area (Å²) in [5.41, 5.74) is 1.31. The van der Waals surface area contributed by atoms with Crippen molar-refractivity contribution >= 4 is 5.82 Å². The second kappa shape index (κ2) is 6.71. The molecular weight excluding hydrogens is 264 g/mol. The molecular formula is C16H18N4O. The fourth-order valence-electron chi connectivity index (χ4n) is 1.97. The fourth-order valence-corrected chi connectivity index (χ4v) is 1.97. The molecule has 1 heterocycles. The first-order valence-electron chi connectivity index (χ1n) is 6.91. The molecule has 0 aliphatic heterocycles. The third-order valence-corrected chi connectivity index (χ3v) is 3.07. The molecule has 21 heavy (non-hydrogen) atoms. The van der Waals surface area contributed by atoms with Gasteiger partial charge in [-0.15, -0.1) is 0 Å². The van der Waals surface area contributed by atoms with E-state index in [-0.39, 0.29) is 0 Å². The van der Waals surface area contributed by atoms with Gasteiger partial charge < -0.3 is 10.1 Å². The second-order valence-corrected chi connectivity index (χ2v) is 4.63. The first-order valence-corrected chi connectivity index (χ1v) is 6.91. The van der Waals surface area contributed by atoms with Crippen molar-refractivity contribution in [1.29, 1.82) is 5.26 Å².